The van der Waals surface area contributed by atoms with E-state index >= 15 is 0 Å². The smallest absolute Gasteiger partial charge is 0.259 e. The van der Waals surface area contributed by atoms with Gasteiger partial charge in [0.1, 0.15) is 0 Å². The highest BCUT2D eigenvalue weighted by molar-refractivity contribution is 9.10. The van der Waals surface area contributed by atoms with E-state index in [4.69, 9.17) is 17.3 Å². The van der Waals surface area contributed by atoms with Crippen LogP contribution in [0.25, 0.3) is 0 Å². The van der Waals surface area contributed by atoms with Crippen molar-refractivity contribution in [3.05, 3.63) is 51.7 Å². The number of aromatic nitrogens is 1. The number of hydrogen-bond donors (Lipinski definition) is 1. The number of hydrogen-bond acceptors (Lipinski definition) is 3. The van der Waals surface area contributed by atoms with Crippen LogP contribution in [0.3, 0.4) is 0 Å². The Balaban J connectivity index is 2.36. The van der Waals surface area contributed by atoms with E-state index in [-0.39, 0.29) is 5.91 Å². The summed E-state index contributed by atoms with van der Waals surface area (Å²) in [6.45, 7) is 0. The van der Waals surface area contributed by atoms with E-state index in [1.54, 1.807) is 37.5 Å². The molecule has 0 fully saturated rings. The quantitative estimate of drug-likeness (QED) is 0.853. The number of pyridine rings is 1. The van der Waals surface area contributed by atoms with Crippen molar-refractivity contribution in [3.63, 3.8) is 0 Å². The number of anilines is 2. The van der Waals surface area contributed by atoms with Gasteiger partial charge in [-0.25, -0.2) is 0 Å². The van der Waals surface area contributed by atoms with Gasteiger partial charge in [0.15, 0.2) is 0 Å². The maximum Gasteiger partial charge on any atom is 0.259 e. The van der Waals surface area contributed by atoms with Gasteiger partial charge in [-0.15, -0.1) is 0 Å². The molecule has 2 N–H and O–H groups in total. The first-order valence-electron chi connectivity index (χ1n) is 5.42. The average molecular weight is 341 g/mol. The van der Waals surface area contributed by atoms with Gasteiger partial charge in [0, 0.05) is 28.9 Å². The molecule has 0 aliphatic rings. The Morgan fingerprint density at radius 2 is 2.11 bits per heavy atom. The van der Waals surface area contributed by atoms with Crippen LogP contribution in [0.5, 0.6) is 0 Å². The summed E-state index contributed by atoms with van der Waals surface area (Å²) >= 11 is 9.21. The lowest BCUT2D eigenvalue weighted by atomic mass is 10.2. The van der Waals surface area contributed by atoms with Gasteiger partial charge >= 0.3 is 0 Å². The van der Waals surface area contributed by atoms with E-state index < -0.39 is 0 Å². The first-order chi connectivity index (χ1) is 8.99. The number of halogens is 2. The van der Waals surface area contributed by atoms with Crippen molar-refractivity contribution in [1.82, 2.24) is 4.98 Å². The molecule has 4 nitrogen and oxygen atoms in total. The first kappa shape index (κ1) is 13.8. The summed E-state index contributed by atoms with van der Waals surface area (Å²) in [5.41, 5.74) is 7.38. The molecule has 0 radical (unpaired) electrons. The molecule has 0 saturated carbocycles. The van der Waals surface area contributed by atoms with Crippen LogP contribution in [0.1, 0.15) is 10.4 Å². The molecule has 1 amide bonds. The lowest BCUT2D eigenvalue weighted by Crippen LogP contribution is -2.27. The van der Waals surface area contributed by atoms with Crippen molar-refractivity contribution in [1.29, 1.82) is 0 Å². The Bertz CT molecular complexity index is 633. The Labute approximate surface area is 124 Å². The third kappa shape index (κ3) is 3.05. The molecule has 0 saturated heterocycles. The second-order valence-electron chi connectivity index (χ2n) is 3.96. The summed E-state index contributed by atoms with van der Waals surface area (Å²) in [4.78, 5) is 17.7. The van der Waals surface area contributed by atoms with Crippen LogP contribution in [0.4, 0.5) is 11.4 Å². The van der Waals surface area contributed by atoms with Crippen LogP contribution in [0, 0.1) is 0 Å². The second kappa shape index (κ2) is 5.59. The topological polar surface area (TPSA) is 59.2 Å². The molecule has 0 aliphatic heterocycles. The van der Waals surface area contributed by atoms with Crippen molar-refractivity contribution in [2.75, 3.05) is 17.7 Å². The zero-order chi connectivity index (χ0) is 14.0. The van der Waals surface area contributed by atoms with Crippen molar-refractivity contribution in [2.45, 2.75) is 0 Å². The van der Waals surface area contributed by atoms with Crippen molar-refractivity contribution >= 4 is 44.8 Å². The fourth-order valence-electron chi connectivity index (χ4n) is 1.64. The molecule has 1 aromatic heterocycles. The summed E-state index contributed by atoms with van der Waals surface area (Å²) in [7, 11) is 1.64. The third-order valence-electron chi connectivity index (χ3n) is 2.61. The molecule has 98 valence electrons. The number of nitrogen functional groups attached to an aromatic ring is 1. The fourth-order valence-corrected chi connectivity index (χ4v) is 2.17. The second-order valence-corrected chi connectivity index (χ2v) is 5.31. The van der Waals surface area contributed by atoms with E-state index in [1.165, 1.54) is 11.1 Å². The molecule has 0 aliphatic carbocycles. The van der Waals surface area contributed by atoms with Crippen molar-refractivity contribution in [3.8, 4) is 0 Å². The maximum atomic E-state index is 12.3. The van der Waals surface area contributed by atoms with Crippen LogP contribution in [0.2, 0.25) is 5.02 Å². The number of carbonyl (C=O) groups is 1. The highest BCUT2D eigenvalue weighted by Crippen LogP contribution is 2.27. The minimum absolute atomic E-state index is 0.206. The minimum Gasteiger partial charge on any atom is -0.397 e. The molecule has 0 atom stereocenters. The molecule has 0 unspecified atom stereocenters. The standard InChI is InChI=1S/C13H11BrClN3O/c1-18(12-5-10(15)2-3-11(12)16)13(19)8-4-9(14)7-17-6-8/h2-7H,16H2,1H3. The highest BCUT2D eigenvalue weighted by atomic mass is 79.9. The van der Waals surface area contributed by atoms with Crippen molar-refractivity contribution < 1.29 is 4.79 Å². The minimum atomic E-state index is -0.206. The van der Waals surface area contributed by atoms with Gasteiger partial charge in [-0.3, -0.25) is 9.78 Å². The molecule has 19 heavy (non-hydrogen) atoms. The zero-order valence-corrected chi connectivity index (χ0v) is 12.4. The van der Waals surface area contributed by atoms with Gasteiger partial charge in [-0.05, 0) is 40.2 Å². The Morgan fingerprint density at radius 1 is 1.37 bits per heavy atom. The van der Waals surface area contributed by atoms with Gasteiger partial charge in [-0.1, -0.05) is 11.6 Å². The van der Waals surface area contributed by atoms with Crippen LogP contribution >= 0.6 is 27.5 Å². The van der Waals surface area contributed by atoms with E-state index in [2.05, 4.69) is 20.9 Å². The number of amides is 1. The van der Waals surface area contributed by atoms with Gasteiger partial charge in [0.05, 0.1) is 16.9 Å². The van der Waals surface area contributed by atoms with Gasteiger partial charge in [0.25, 0.3) is 5.91 Å². The van der Waals surface area contributed by atoms with E-state index in [1.807, 2.05) is 0 Å². The predicted molar refractivity (Wildman–Crippen MR) is 80.5 cm³/mol. The summed E-state index contributed by atoms with van der Waals surface area (Å²) < 4.78 is 0.741. The summed E-state index contributed by atoms with van der Waals surface area (Å²) in [6, 6.07) is 6.70. The monoisotopic (exact) mass is 339 g/mol. The molecule has 0 spiro atoms. The highest BCUT2D eigenvalue weighted by Gasteiger charge is 2.16. The Morgan fingerprint density at radius 3 is 2.79 bits per heavy atom. The zero-order valence-electron chi connectivity index (χ0n) is 10.1. The fraction of sp³-hybridized carbons (Fsp3) is 0.0769. The van der Waals surface area contributed by atoms with Crippen LogP contribution in [-0.2, 0) is 0 Å². The SMILES string of the molecule is CN(C(=O)c1cncc(Br)c1)c1cc(Cl)ccc1N. The van der Waals surface area contributed by atoms with Gasteiger partial charge < -0.3 is 10.6 Å². The van der Waals surface area contributed by atoms with E-state index in [9.17, 15) is 4.79 Å². The maximum absolute atomic E-state index is 12.3. The molecule has 6 heteroatoms. The molecular weight excluding hydrogens is 330 g/mol. The van der Waals surface area contributed by atoms with Crippen molar-refractivity contribution in [2.24, 2.45) is 0 Å². The molecule has 2 rings (SSSR count). The van der Waals surface area contributed by atoms with E-state index in [0.717, 1.165) is 4.47 Å². The van der Waals surface area contributed by atoms with E-state index in [0.29, 0.717) is 22.0 Å². The number of rotatable bonds is 2. The molecule has 1 heterocycles. The lowest BCUT2D eigenvalue weighted by molar-refractivity contribution is 0.0992. The number of nitrogens with two attached hydrogens (primary N) is 1. The summed E-state index contributed by atoms with van der Waals surface area (Å²) in [5.74, 6) is -0.206. The Hall–Kier alpha value is -1.59. The predicted octanol–water partition coefficient (Wildman–Crippen LogP) is 3.36. The molecule has 2 aromatic rings. The molecule has 1 aromatic carbocycles. The Kier molecular flexibility index (Phi) is 4.07. The molecular formula is C13H11BrClN3O. The number of benzene rings is 1. The largest absolute Gasteiger partial charge is 0.397 e. The first-order valence-corrected chi connectivity index (χ1v) is 6.60. The summed E-state index contributed by atoms with van der Waals surface area (Å²) in [6.07, 6.45) is 3.12. The lowest BCUT2D eigenvalue weighted by Gasteiger charge is -2.19. The third-order valence-corrected chi connectivity index (χ3v) is 3.28. The van der Waals surface area contributed by atoms with Gasteiger partial charge in [0.2, 0.25) is 0 Å². The van der Waals surface area contributed by atoms with Crippen LogP contribution in [0.15, 0.2) is 41.1 Å². The number of nitrogens with zero attached hydrogens (tertiary/aromatic N) is 2. The number of carbonyl (C=O) groups excluding carboxylic acids is 1. The summed E-state index contributed by atoms with van der Waals surface area (Å²) in [5, 5.41) is 0.524. The molecule has 0 bridgehead atoms. The van der Waals surface area contributed by atoms with Crippen LogP contribution < -0.4 is 10.6 Å². The van der Waals surface area contributed by atoms with Gasteiger partial charge in [-0.2, -0.15) is 0 Å². The average Bonchev–Trinajstić information content (AvgIpc) is 2.40. The van der Waals surface area contributed by atoms with Crippen LogP contribution in [-0.4, -0.2) is 17.9 Å². The normalized spacial score (nSPS) is 10.3.